The molecule has 4 aromatic rings. The van der Waals surface area contributed by atoms with Gasteiger partial charge in [0.15, 0.2) is 0 Å². The summed E-state index contributed by atoms with van der Waals surface area (Å²) >= 11 is 6.35. The number of hydrogen-bond acceptors (Lipinski definition) is 4. The summed E-state index contributed by atoms with van der Waals surface area (Å²) in [6.07, 6.45) is 1.96. The van der Waals surface area contributed by atoms with Crippen molar-refractivity contribution in [2.45, 2.75) is 25.9 Å². The molecule has 0 saturated heterocycles. The number of para-hydroxylation sites is 2. The van der Waals surface area contributed by atoms with E-state index in [9.17, 15) is 19.7 Å². The molecule has 0 bridgehead atoms. The number of fused-ring (bicyclic) bond motifs is 3. The van der Waals surface area contributed by atoms with Crippen LogP contribution in [0.15, 0.2) is 91.1 Å². The minimum absolute atomic E-state index is 0.106. The molecule has 2 heterocycles. The molecule has 0 radical (unpaired) electrons. The maximum Gasteiger partial charge on any atom is 0.269 e. The lowest BCUT2D eigenvalue weighted by Gasteiger charge is -2.40. The number of carbonyl (C=O) groups excluding carboxylic acids is 2. The van der Waals surface area contributed by atoms with Crippen molar-refractivity contribution in [3.63, 3.8) is 0 Å². The minimum Gasteiger partial charge on any atom is -0.327 e. The van der Waals surface area contributed by atoms with E-state index < -0.39 is 11.0 Å². The molecule has 0 fully saturated rings. The highest BCUT2D eigenvalue weighted by atomic mass is 35.5. The number of nitro groups is 1. The first kappa shape index (κ1) is 25.2. The molecular formula is C29H25ClN4O4. The van der Waals surface area contributed by atoms with Gasteiger partial charge in [-0.25, -0.2) is 0 Å². The first-order valence-corrected chi connectivity index (χ1v) is 12.5. The molecule has 1 aliphatic heterocycles. The van der Waals surface area contributed by atoms with E-state index in [1.54, 1.807) is 11.0 Å². The summed E-state index contributed by atoms with van der Waals surface area (Å²) in [4.78, 5) is 41.3. The highest BCUT2D eigenvalue weighted by Gasteiger charge is 2.37. The van der Waals surface area contributed by atoms with Crippen molar-refractivity contribution in [1.82, 2.24) is 9.47 Å². The molecule has 192 valence electrons. The molecule has 5 rings (SSSR count). The SMILES string of the molecule is CC(C)N(CC(=O)N1c2ccccc2-n2cccc2[C@@H]1c1cccc(Cl)c1)C(=O)c1ccc([N+](=O)[O-])cc1. The third-order valence-corrected chi connectivity index (χ3v) is 6.90. The summed E-state index contributed by atoms with van der Waals surface area (Å²) in [7, 11) is 0. The van der Waals surface area contributed by atoms with Gasteiger partial charge < -0.3 is 9.47 Å². The summed E-state index contributed by atoms with van der Waals surface area (Å²) in [6, 6.07) is 23.6. The lowest BCUT2D eigenvalue weighted by molar-refractivity contribution is -0.384. The van der Waals surface area contributed by atoms with Crippen LogP contribution in [0.1, 0.15) is 41.5 Å². The molecule has 8 nitrogen and oxygen atoms in total. The van der Waals surface area contributed by atoms with E-state index in [1.165, 1.54) is 29.2 Å². The molecule has 0 N–H and O–H groups in total. The number of rotatable bonds is 6. The molecule has 1 aliphatic rings. The van der Waals surface area contributed by atoms with Crippen molar-refractivity contribution in [1.29, 1.82) is 0 Å². The molecule has 0 saturated carbocycles. The third-order valence-electron chi connectivity index (χ3n) is 6.67. The van der Waals surface area contributed by atoms with Crippen molar-refractivity contribution in [2.24, 2.45) is 0 Å². The Balaban J connectivity index is 1.54. The summed E-state index contributed by atoms with van der Waals surface area (Å²) < 4.78 is 2.06. The number of nitrogens with zero attached hydrogens (tertiary/aromatic N) is 4. The van der Waals surface area contributed by atoms with Gasteiger partial charge in [-0.1, -0.05) is 35.9 Å². The van der Waals surface area contributed by atoms with Gasteiger partial charge in [-0.15, -0.1) is 0 Å². The molecule has 0 aliphatic carbocycles. The van der Waals surface area contributed by atoms with Gasteiger partial charge in [-0.2, -0.15) is 0 Å². The normalized spacial score (nSPS) is 14.1. The molecule has 0 spiro atoms. The van der Waals surface area contributed by atoms with Gasteiger partial charge in [-0.3, -0.25) is 24.6 Å². The summed E-state index contributed by atoms with van der Waals surface area (Å²) in [5.74, 6) is -0.643. The zero-order valence-electron chi connectivity index (χ0n) is 20.8. The Morgan fingerprint density at radius 1 is 0.974 bits per heavy atom. The predicted molar refractivity (Wildman–Crippen MR) is 146 cm³/mol. The quantitative estimate of drug-likeness (QED) is 0.226. The Labute approximate surface area is 224 Å². The molecule has 1 aromatic heterocycles. The van der Waals surface area contributed by atoms with Gasteiger partial charge >= 0.3 is 0 Å². The molecule has 1 atom stereocenters. The fourth-order valence-electron chi connectivity index (χ4n) is 4.86. The molecule has 0 unspecified atom stereocenters. The molecule has 38 heavy (non-hydrogen) atoms. The molecular weight excluding hydrogens is 504 g/mol. The van der Waals surface area contributed by atoms with Gasteiger partial charge in [0.05, 0.1) is 22.0 Å². The number of halogens is 1. The van der Waals surface area contributed by atoms with Crippen LogP contribution in [0.2, 0.25) is 5.02 Å². The first-order valence-electron chi connectivity index (χ1n) is 12.2. The van der Waals surface area contributed by atoms with E-state index in [0.29, 0.717) is 5.02 Å². The Hall–Kier alpha value is -4.43. The number of non-ortho nitro benzene ring substituents is 1. The van der Waals surface area contributed by atoms with Crippen LogP contribution in [-0.4, -0.2) is 38.8 Å². The van der Waals surface area contributed by atoms with E-state index in [2.05, 4.69) is 4.57 Å². The van der Waals surface area contributed by atoms with Gasteiger partial charge in [0.25, 0.3) is 11.6 Å². The van der Waals surface area contributed by atoms with Crippen molar-refractivity contribution >= 4 is 34.8 Å². The number of nitro benzene ring substituents is 1. The smallest absolute Gasteiger partial charge is 0.269 e. The minimum atomic E-state index is -0.516. The van der Waals surface area contributed by atoms with Gasteiger partial charge in [0.2, 0.25) is 5.91 Å². The highest BCUT2D eigenvalue weighted by Crippen LogP contribution is 2.42. The Bertz CT molecular complexity index is 1530. The zero-order valence-corrected chi connectivity index (χ0v) is 21.6. The second kappa shape index (κ2) is 10.1. The lowest BCUT2D eigenvalue weighted by atomic mass is 9.97. The Morgan fingerprint density at radius 2 is 1.68 bits per heavy atom. The first-order chi connectivity index (χ1) is 18.3. The number of carbonyl (C=O) groups is 2. The van der Waals surface area contributed by atoms with Crippen LogP contribution in [0.25, 0.3) is 5.69 Å². The van der Waals surface area contributed by atoms with Crippen LogP contribution in [-0.2, 0) is 4.79 Å². The van der Waals surface area contributed by atoms with Crippen LogP contribution in [0.4, 0.5) is 11.4 Å². The van der Waals surface area contributed by atoms with Crippen molar-refractivity contribution in [3.8, 4) is 5.69 Å². The Kier molecular flexibility index (Phi) is 6.73. The average molecular weight is 529 g/mol. The monoisotopic (exact) mass is 528 g/mol. The van der Waals surface area contributed by atoms with Crippen LogP contribution in [0.5, 0.6) is 0 Å². The number of hydrogen-bond donors (Lipinski definition) is 0. The molecule has 3 aromatic carbocycles. The third kappa shape index (κ3) is 4.54. The predicted octanol–water partition coefficient (Wildman–Crippen LogP) is 6.03. The second-order valence-electron chi connectivity index (χ2n) is 9.34. The van der Waals surface area contributed by atoms with Crippen LogP contribution < -0.4 is 4.90 Å². The fraction of sp³-hybridized carbons (Fsp3) is 0.172. The maximum absolute atomic E-state index is 14.2. The highest BCUT2D eigenvalue weighted by molar-refractivity contribution is 6.30. The number of benzene rings is 3. The van der Waals surface area contributed by atoms with Crippen molar-refractivity contribution in [3.05, 3.63) is 123 Å². The average Bonchev–Trinajstić information content (AvgIpc) is 3.40. The van der Waals surface area contributed by atoms with Gasteiger partial charge in [-0.05, 0) is 67.9 Å². The zero-order chi connectivity index (χ0) is 27.0. The van der Waals surface area contributed by atoms with Crippen molar-refractivity contribution < 1.29 is 14.5 Å². The maximum atomic E-state index is 14.2. The van der Waals surface area contributed by atoms with E-state index in [0.717, 1.165) is 22.6 Å². The summed E-state index contributed by atoms with van der Waals surface area (Å²) in [6.45, 7) is 3.49. The topological polar surface area (TPSA) is 88.7 Å². The van der Waals surface area contributed by atoms with Crippen LogP contribution in [0, 0.1) is 10.1 Å². The lowest BCUT2D eigenvalue weighted by Crippen LogP contribution is -2.48. The van der Waals surface area contributed by atoms with Gasteiger partial charge in [0, 0.05) is 35.0 Å². The van der Waals surface area contributed by atoms with E-state index in [4.69, 9.17) is 11.6 Å². The van der Waals surface area contributed by atoms with E-state index >= 15 is 0 Å². The van der Waals surface area contributed by atoms with Crippen LogP contribution >= 0.6 is 11.6 Å². The molecule has 2 amide bonds. The van der Waals surface area contributed by atoms with E-state index in [-0.39, 0.29) is 35.7 Å². The number of aromatic nitrogens is 1. The van der Waals surface area contributed by atoms with Crippen molar-refractivity contribution in [2.75, 3.05) is 11.4 Å². The summed E-state index contributed by atoms with van der Waals surface area (Å²) in [5.41, 5.74) is 3.49. The molecule has 9 heteroatoms. The largest absolute Gasteiger partial charge is 0.327 e. The van der Waals surface area contributed by atoms with Crippen LogP contribution in [0.3, 0.4) is 0 Å². The standard InChI is InChI=1S/C29H25ClN4O4/c1-19(2)32(29(36)20-12-14-23(15-13-20)34(37)38)18-27(35)33-25-10-4-3-9-24(25)31-16-6-11-26(31)28(33)21-7-5-8-22(30)17-21/h3-17,19,28H,18H2,1-2H3/t28-/m0/s1. The van der Waals surface area contributed by atoms with Gasteiger partial charge in [0.1, 0.15) is 12.6 Å². The number of amides is 2. The second-order valence-corrected chi connectivity index (χ2v) is 9.78. The Morgan fingerprint density at radius 3 is 2.34 bits per heavy atom. The fourth-order valence-corrected chi connectivity index (χ4v) is 5.06. The number of anilines is 1. The summed E-state index contributed by atoms with van der Waals surface area (Å²) in [5, 5.41) is 11.6. The van der Waals surface area contributed by atoms with E-state index in [1.807, 2.05) is 74.6 Å².